The normalized spacial score (nSPS) is 12.3. The van der Waals surface area contributed by atoms with Crippen LogP contribution in [-0.4, -0.2) is 18.9 Å². The molecule has 0 amide bonds. The minimum atomic E-state index is 0.663. The van der Waals surface area contributed by atoms with Crippen LogP contribution in [-0.2, 0) is 0 Å². The number of hydrogen-bond donors (Lipinski definition) is 0. The molecule has 0 aliphatic rings. The Kier molecular flexibility index (Phi) is 5.17. The van der Waals surface area contributed by atoms with E-state index in [-0.39, 0.29) is 0 Å². The van der Waals surface area contributed by atoms with Gasteiger partial charge in [0.25, 0.3) is 0 Å². The van der Waals surface area contributed by atoms with Gasteiger partial charge in [-0.25, -0.2) is 9.97 Å². The van der Waals surface area contributed by atoms with E-state index in [0.29, 0.717) is 11.4 Å². The highest BCUT2D eigenvalue weighted by atomic mass is 16.3. The average molecular weight is 651 g/mol. The van der Waals surface area contributed by atoms with Gasteiger partial charge in [0, 0.05) is 43.3 Å². The van der Waals surface area contributed by atoms with Gasteiger partial charge in [0.1, 0.15) is 11.1 Å². The molecule has 51 heavy (non-hydrogen) atoms. The number of furan rings is 1. The van der Waals surface area contributed by atoms with Crippen molar-refractivity contribution in [2.45, 2.75) is 0 Å². The molecule has 0 saturated heterocycles. The average Bonchev–Trinajstić information content (AvgIpc) is 3.93. The Hall–Kier alpha value is -6.98. The highest BCUT2D eigenvalue weighted by Gasteiger charge is 2.27. The monoisotopic (exact) mass is 650 g/mol. The predicted molar refractivity (Wildman–Crippen MR) is 209 cm³/mol. The van der Waals surface area contributed by atoms with E-state index in [4.69, 9.17) is 14.4 Å². The molecule has 5 heteroatoms. The molecule has 5 nitrogen and oxygen atoms in total. The maximum Gasteiger partial charge on any atom is 0.197 e. The molecule has 0 atom stereocenters. The number of benzene rings is 7. The molecule has 0 saturated carbocycles. The first-order valence-electron chi connectivity index (χ1n) is 17.3. The molecular weight excluding hydrogens is 625 g/mol. The van der Waals surface area contributed by atoms with Gasteiger partial charge >= 0.3 is 0 Å². The number of para-hydroxylation sites is 3. The Morgan fingerprint density at radius 2 is 1.08 bits per heavy atom. The van der Waals surface area contributed by atoms with Gasteiger partial charge in [-0.15, -0.1) is 0 Å². The van der Waals surface area contributed by atoms with Crippen molar-refractivity contribution >= 4 is 82.0 Å². The first-order valence-corrected chi connectivity index (χ1v) is 17.3. The summed E-state index contributed by atoms with van der Waals surface area (Å²) in [5.41, 5.74) is 11.4. The molecule has 0 bridgehead atoms. The first kappa shape index (κ1) is 26.9. The van der Waals surface area contributed by atoms with Crippen LogP contribution in [0.25, 0.3) is 110 Å². The smallest absolute Gasteiger partial charge is 0.197 e. The number of hydrogen-bond acceptors (Lipinski definition) is 3. The second kappa shape index (κ2) is 9.80. The molecule has 0 aliphatic heterocycles. The fourth-order valence-electron chi connectivity index (χ4n) is 8.50. The Balaban J connectivity index is 1.30. The number of rotatable bonds is 3. The van der Waals surface area contributed by atoms with Gasteiger partial charge in [-0.3, -0.25) is 4.57 Å². The molecule has 12 aromatic rings. The van der Waals surface area contributed by atoms with Gasteiger partial charge in [-0.05, 0) is 53.6 Å². The molecule has 0 radical (unpaired) electrons. The van der Waals surface area contributed by atoms with Gasteiger partial charge in [0.15, 0.2) is 17.2 Å². The number of nitrogens with zero attached hydrogens (tertiary/aromatic N) is 4. The second-order valence-corrected chi connectivity index (χ2v) is 13.4. The lowest BCUT2D eigenvalue weighted by atomic mass is 10.00. The summed E-state index contributed by atoms with van der Waals surface area (Å²) in [5, 5.41) is 8.28. The molecule has 5 aromatic heterocycles. The molecule has 0 fully saturated rings. The fraction of sp³-hybridized carbons (Fsp3) is 0. The molecular formula is C46H26N4O. The van der Waals surface area contributed by atoms with Crippen molar-refractivity contribution in [1.82, 2.24) is 18.9 Å². The van der Waals surface area contributed by atoms with Gasteiger partial charge in [-0.2, -0.15) is 0 Å². The SMILES string of the molecule is c1ccc(-c2ccc3c(c2)c2cc4c(c5ccccc5n4-c4nc(-c5ccccc5)nc5c4oc4ccccc45)c4c5ccccc5n3c24)cc1. The summed E-state index contributed by atoms with van der Waals surface area (Å²) in [4.78, 5) is 10.5. The summed E-state index contributed by atoms with van der Waals surface area (Å²) in [7, 11) is 0. The van der Waals surface area contributed by atoms with E-state index in [2.05, 4.69) is 130 Å². The van der Waals surface area contributed by atoms with Crippen molar-refractivity contribution in [3.8, 4) is 28.3 Å². The van der Waals surface area contributed by atoms with E-state index in [1.54, 1.807) is 0 Å². The minimum Gasteiger partial charge on any atom is -0.450 e. The fourth-order valence-corrected chi connectivity index (χ4v) is 8.50. The lowest BCUT2D eigenvalue weighted by molar-refractivity contribution is 0.662. The molecule has 236 valence electrons. The largest absolute Gasteiger partial charge is 0.450 e. The standard InChI is InChI=1S/C46H26N4O/c1-3-13-27(14-4-1)29-23-24-37-33(25-29)34-26-38-40(41-31-18-8-10-20-35(31)49(37)43(34)41)30-17-7-11-21-36(30)50(38)46-44-42(32-19-9-12-22-39(32)51-44)47-45(48-46)28-15-5-2-6-16-28/h1-26H. The molecule has 12 rings (SSSR count). The Bertz CT molecular complexity index is 3350. The summed E-state index contributed by atoms with van der Waals surface area (Å²) in [6.45, 7) is 0. The van der Waals surface area contributed by atoms with E-state index in [9.17, 15) is 0 Å². The number of aromatic nitrogens is 4. The Morgan fingerprint density at radius 3 is 1.88 bits per heavy atom. The van der Waals surface area contributed by atoms with Crippen molar-refractivity contribution in [3.05, 3.63) is 158 Å². The molecule has 5 heterocycles. The Morgan fingerprint density at radius 1 is 0.431 bits per heavy atom. The van der Waals surface area contributed by atoms with E-state index >= 15 is 0 Å². The van der Waals surface area contributed by atoms with Crippen LogP contribution in [0.15, 0.2) is 162 Å². The van der Waals surface area contributed by atoms with Crippen LogP contribution < -0.4 is 0 Å². The van der Waals surface area contributed by atoms with Crippen molar-refractivity contribution in [1.29, 1.82) is 0 Å². The summed E-state index contributed by atoms with van der Waals surface area (Å²) in [5.74, 6) is 1.39. The third-order valence-corrected chi connectivity index (χ3v) is 10.7. The van der Waals surface area contributed by atoms with Crippen molar-refractivity contribution < 1.29 is 4.42 Å². The van der Waals surface area contributed by atoms with E-state index < -0.39 is 0 Å². The topological polar surface area (TPSA) is 48.3 Å². The highest BCUT2D eigenvalue weighted by Crippen LogP contribution is 2.47. The molecule has 0 aliphatic carbocycles. The third kappa shape index (κ3) is 3.54. The van der Waals surface area contributed by atoms with Gasteiger partial charge < -0.3 is 8.82 Å². The van der Waals surface area contributed by atoms with Crippen LogP contribution in [0.5, 0.6) is 0 Å². The number of fused-ring (bicyclic) bond motifs is 13. The molecule has 0 N–H and O–H groups in total. The molecule has 0 spiro atoms. The van der Waals surface area contributed by atoms with Crippen LogP contribution >= 0.6 is 0 Å². The maximum atomic E-state index is 6.68. The minimum absolute atomic E-state index is 0.663. The molecule has 7 aromatic carbocycles. The van der Waals surface area contributed by atoms with Gasteiger partial charge in [0.2, 0.25) is 0 Å². The van der Waals surface area contributed by atoms with E-state index in [1.807, 2.05) is 36.4 Å². The van der Waals surface area contributed by atoms with Gasteiger partial charge in [0.05, 0.1) is 27.6 Å². The van der Waals surface area contributed by atoms with Crippen molar-refractivity contribution in [2.24, 2.45) is 0 Å². The van der Waals surface area contributed by atoms with E-state index in [1.165, 1.54) is 60.0 Å². The lowest BCUT2D eigenvalue weighted by Gasteiger charge is -2.10. The first-order chi connectivity index (χ1) is 25.3. The van der Waals surface area contributed by atoms with Crippen LogP contribution in [0, 0.1) is 0 Å². The summed E-state index contributed by atoms with van der Waals surface area (Å²) >= 11 is 0. The van der Waals surface area contributed by atoms with Crippen LogP contribution in [0.2, 0.25) is 0 Å². The van der Waals surface area contributed by atoms with E-state index in [0.717, 1.165) is 38.9 Å². The quantitative estimate of drug-likeness (QED) is 0.191. The predicted octanol–water partition coefficient (Wildman–Crippen LogP) is 12.0. The lowest BCUT2D eigenvalue weighted by Crippen LogP contribution is -2.01. The maximum absolute atomic E-state index is 6.68. The summed E-state index contributed by atoms with van der Waals surface area (Å²) < 4.78 is 11.5. The second-order valence-electron chi connectivity index (χ2n) is 13.4. The van der Waals surface area contributed by atoms with Crippen molar-refractivity contribution in [2.75, 3.05) is 0 Å². The summed E-state index contributed by atoms with van der Waals surface area (Å²) in [6, 6.07) is 55.8. The Labute approximate surface area is 290 Å². The summed E-state index contributed by atoms with van der Waals surface area (Å²) in [6.07, 6.45) is 0. The third-order valence-electron chi connectivity index (χ3n) is 10.7. The van der Waals surface area contributed by atoms with Crippen LogP contribution in [0.1, 0.15) is 0 Å². The van der Waals surface area contributed by atoms with Gasteiger partial charge in [-0.1, -0.05) is 115 Å². The van der Waals surface area contributed by atoms with Crippen LogP contribution in [0.3, 0.4) is 0 Å². The van der Waals surface area contributed by atoms with Crippen molar-refractivity contribution in [3.63, 3.8) is 0 Å². The zero-order chi connectivity index (χ0) is 33.2. The highest BCUT2D eigenvalue weighted by molar-refractivity contribution is 6.36. The zero-order valence-corrected chi connectivity index (χ0v) is 27.2. The zero-order valence-electron chi connectivity index (χ0n) is 27.2. The molecule has 0 unspecified atom stereocenters. The van der Waals surface area contributed by atoms with Crippen LogP contribution in [0.4, 0.5) is 0 Å².